The van der Waals surface area contributed by atoms with Gasteiger partial charge in [-0.1, -0.05) is 0 Å². The lowest BCUT2D eigenvalue weighted by atomic mass is 10.3. The van der Waals surface area contributed by atoms with Gasteiger partial charge < -0.3 is 24.6 Å². The average Bonchev–Trinajstić information content (AvgIpc) is 2.91. The fourth-order valence-corrected chi connectivity index (χ4v) is 2.04. The first-order valence-electron chi connectivity index (χ1n) is 6.42. The molecule has 1 aromatic heterocycles. The number of imidazole rings is 1. The first kappa shape index (κ1) is 14.3. The van der Waals surface area contributed by atoms with E-state index in [2.05, 4.69) is 10.3 Å². The van der Waals surface area contributed by atoms with Gasteiger partial charge in [0.1, 0.15) is 0 Å². The molecule has 1 aromatic rings. The van der Waals surface area contributed by atoms with E-state index in [-0.39, 0.29) is 25.2 Å². The second-order valence-electron chi connectivity index (χ2n) is 4.75. The average molecular weight is 282 g/mol. The molecule has 1 aliphatic heterocycles. The van der Waals surface area contributed by atoms with Crippen LogP contribution in [0.3, 0.4) is 0 Å². The van der Waals surface area contributed by atoms with Crippen molar-refractivity contribution in [3.63, 3.8) is 0 Å². The zero-order valence-electron chi connectivity index (χ0n) is 11.2. The predicted octanol–water partition coefficient (Wildman–Crippen LogP) is -0.233. The van der Waals surface area contributed by atoms with Crippen LogP contribution in [0, 0.1) is 0 Å². The largest absolute Gasteiger partial charge is 0.479 e. The number of carbonyl (C=O) groups excluding carboxylic acids is 1. The van der Waals surface area contributed by atoms with Gasteiger partial charge in [-0.3, -0.25) is 0 Å². The molecule has 2 heterocycles. The van der Waals surface area contributed by atoms with E-state index in [4.69, 9.17) is 9.84 Å². The zero-order valence-corrected chi connectivity index (χ0v) is 11.2. The Morgan fingerprint density at radius 2 is 2.40 bits per heavy atom. The molecule has 2 atom stereocenters. The van der Waals surface area contributed by atoms with E-state index >= 15 is 0 Å². The van der Waals surface area contributed by atoms with Gasteiger partial charge in [-0.2, -0.15) is 0 Å². The van der Waals surface area contributed by atoms with Crippen molar-refractivity contribution in [1.82, 2.24) is 19.8 Å². The van der Waals surface area contributed by atoms with E-state index in [0.717, 1.165) is 0 Å². The molecule has 0 aliphatic carbocycles. The number of carboxylic acid groups (broad SMARTS) is 1. The van der Waals surface area contributed by atoms with Crippen molar-refractivity contribution in [2.75, 3.05) is 19.7 Å². The van der Waals surface area contributed by atoms with Crippen molar-refractivity contribution in [3.05, 3.63) is 18.7 Å². The molecule has 2 amide bonds. The summed E-state index contributed by atoms with van der Waals surface area (Å²) in [6, 6.07) is -0.352. The van der Waals surface area contributed by atoms with Crippen LogP contribution in [0.25, 0.3) is 0 Å². The van der Waals surface area contributed by atoms with Gasteiger partial charge in [0.15, 0.2) is 6.10 Å². The molecule has 2 rings (SSSR count). The van der Waals surface area contributed by atoms with Crippen LogP contribution >= 0.6 is 0 Å². The van der Waals surface area contributed by atoms with Crippen molar-refractivity contribution in [2.45, 2.75) is 25.6 Å². The molecular weight excluding hydrogens is 264 g/mol. The lowest BCUT2D eigenvalue weighted by molar-refractivity contribution is -0.154. The van der Waals surface area contributed by atoms with Gasteiger partial charge in [0.25, 0.3) is 0 Å². The van der Waals surface area contributed by atoms with Gasteiger partial charge in [0.2, 0.25) is 0 Å². The van der Waals surface area contributed by atoms with E-state index < -0.39 is 12.1 Å². The molecule has 8 heteroatoms. The Labute approximate surface area is 116 Å². The maximum absolute atomic E-state index is 12.0. The Bertz CT molecular complexity index is 462. The number of hydrogen-bond donors (Lipinski definition) is 2. The highest BCUT2D eigenvalue weighted by molar-refractivity contribution is 5.77. The first-order valence-corrected chi connectivity index (χ1v) is 6.42. The summed E-state index contributed by atoms with van der Waals surface area (Å²) in [7, 11) is 0. The van der Waals surface area contributed by atoms with Crippen LogP contribution in [0.1, 0.15) is 6.92 Å². The van der Waals surface area contributed by atoms with Crippen LogP contribution in [0.2, 0.25) is 0 Å². The number of carbonyl (C=O) groups is 2. The minimum absolute atomic E-state index is 0.0684. The number of nitrogens with one attached hydrogen (secondary N) is 1. The molecule has 20 heavy (non-hydrogen) atoms. The van der Waals surface area contributed by atoms with Gasteiger partial charge in [0, 0.05) is 31.5 Å². The molecule has 0 saturated carbocycles. The van der Waals surface area contributed by atoms with Crippen molar-refractivity contribution >= 4 is 12.0 Å². The molecule has 0 spiro atoms. The molecule has 0 aromatic carbocycles. The molecular formula is C12H18N4O4. The molecule has 1 saturated heterocycles. The maximum Gasteiger partial charge on any atom is 0.334 e. The number of amides is 2. The highest BCUT2D eigenvalue weighted by Crippen LogP contribution is 2.06. The molecule has 110 valence electrons. The number of rotatable bonds is 4. The summed E-state index contributed by atoms with van der Waals surface area (Å²) >= 11 is 0. The van der Waals surface area contributed by atoms with Crippen molar-refractivity contribution in [3.8, 4) is 0 Å². The topological polar surface area (TPSA) is 96.7 Å². The fourth-order valence-electron chi connectivity index (χ4n) is 2.04. The van der Waals surface area contributed by atoms with Gasteiger partial charge in [-0.15, -0.1) is 0 Å². The maximum atomic E-state index is 12.0. The molecule has 0 radical (unpaired) electrons. The number of nitrogens with zero attached hydrogens (tertiary/aromatic N) is 3. The summed E-state index contributed by atoms with van der Waals surface area (Å²) < 4.78 is 6.94. The van der Waals surface area contributed by atoms with Crippen molar-refractivity contribution in [1.29, 1.82) is 0 Å². The summed E-state index contributed by atoms with van der Waals surface area (Å²) in [5.74, 6) is -1.05. The predicted molar refractivity (Wildman–Crippen MR) is 69.2 cm³/mol. The lowest BCUT2D eigenvalue weighted by Gasteiger charge is -2.31. The molecule has 2 N–H and O–H groups in total. The van der Waals surface area contributed by atoms with Crippen LogP contribution in [0.5, 0.6) is 0 Å². The molecule has 2 unspecified atom stereocenters. The fraction of sp³-hybridized carbons (Fsp3) is 0.583. The minimum atomic E-state index is -1.05. The molecule has 0 bridgehead atoms. The molecule has 1 fully saturated rings. The Morgan fingerprint density at radius 3 is 3.05 bits per heavy atom. The Kier molecular flexibility index (Phi) is 4.57. The summed E-state index contributed by atoms with van der Waals surface area (Å²) in [6.45, 7) is 3.19. The standard InChI is InChI=1S/C12H18N4O4/c1-9(6-15-3-2-13-8-15)14-12(19)16-4-5-20-10(7-16)11(17)18/h2-3,8-10H,4-7H2,1H3,(H,14,19)(H,17,18). The van der Waals surface area contributed by atoms with Crippen molar-refractivity contribution < 1.29 is 19.4 Å². The molecule has 8 nitrogen and oxygen atoms in total. The first-order chi connectivity index (χ1) is 9.56. The smallest absolute Gasteiger partial charge is 0.334 e. The number of morpholine rings is 1. The number of aliphatic carboxylic acids is 1. The van der Waals surface area contributed by atoms with Gasteiger partial charge in [0.05, 0.1) is 19.5 Å². The lowest BCUT2D eigenvalue weighted by Crippen LogP contribution is -2.53. The van der Waals surface area contributed by atoms with Crippen LogP contribution in [0.4, 0.5) is 4.79 Å². The number of aromatic nitrogens is 2. The highest BCUT2D eigenvalue weighted by Gasteiger charge is 2.29. The van der Waals surface area contributed by atoms with Crippen LogP contribution < -0.4 is 5.32 Å². The Hall–Kier alpha value is -2.09. The number of carboxylic acids is 1. The third-order valence-electron chi connectivity index (χ3n) is 3.04. The van der Waals surface area contributed by atoms with E-state index in [9.17, 15) is 9.59 Å². The van der Waals surface area contributed by atoms with Crippen LogP contribution in [-0.4, -0.2) is 63.4 Å². The van der Waals surface area contributed by atoms with Crippen LogP contribution in [-0.2, 0) is 16.1 Å². The third kappa shape index (κ3) is 3.70. The minimum Gasteiger partial charge on any atom is -0.479 e. The Balaban J connectivity index is 1.83. The summed E-state index contributed by atoms with van der Waals surface area (Å²) in [5, 5.41) is 11.7. The number of hydrogen-bond acceptors (Lipinski definition) is 4. The van der Waals surface area contributed by atoms with Crippen molar-refractivity contribution in [2.24, 2.45) is 0 Å². The summed E-state index contributed by atoms with van der Waals surface area (Å²) in [6.07, 6.45) is 4.22. The number of ether oxygens (including phenoxy) is 1. The van der Waals surface area contributed by atoms with Gasteiger partial charge in [-0.25, -0.2) is 14.6 Å². The normalized spacial score (nSPS) is 20.4. The second-order valence-corrected chi connectivity index (χ2v) is 4.75. The summed E-state index contributed by atoms with van der Waals surface area (Å²) in [5.41, 5.74) is 0. The third-order valence-corrected chi connectivity index (χ3v) is 3.04. The van der Waals surface area contributed by atoms with E-state index in [1.54, 1.807) is 12.5 Å². The molecule has 1 aliphatic rings. The highest BCUT2D eigenvalue weighted by atomic mass is 16.5. The second kappa shape index (κ2) is 6.38. The number of urea groups is 1. The SMILES string of the molecule is CC(Cn1ccnc1)NC(=O)N1CCOC(C(=O)O)C1. The van der Waals surface area contributed by atoms with E-state index in [1.165, 1.54) is 4.90 Å². The van der Waals surface area contributed by atoms with Crippen LogP contribution in [0.15, 0.2) is 18.7 Å². The zero-order chi connectivity index (χ0) is 14.5. The van der Waals surface area contributed by atoms with Gasteiger partial charge >= 0.3 is 12.0 Å². The Morgan fingerprint density at radius 1 is 1.60 bits per heavy atom. The van der Waals surface area contributed by atoms with E-state index in [0.29, 0.717) is 13.1 Å². The van der Waals surface area contributed by atoms with Gasteiger partial charge in [-0.05, 0) is 6.92 Å². The van der Waals surface area contributed by atoms with E-state index in [1.807, 2.05) is 17.7 Å². The monoisotopic (exact) mass is 282 g/mol. The summed E-state index contributed by atoms with van der Waals surface area (Å²) in [4.78, 5) is 28.3. The quantitative estimate of drug-likeness (QED) is 0.795.